The highest BCUT2D eigenvalue weighted by molar-refractivity contribution is 5.91. The van der Waals surface area contributed by atoms with Gasteiger partial charge in [0, 0.05) is 36.9 Å². The summed E-state index contributed by atoms with van der Waals surface area (Å²) >= 11 is 0. The Labute approximate surface area is 265 Å². The number of esters is 1. The van der Waals surface area contributed by atoms with Gasteiger partial charge in [-0.25, -0.2) is 14.4 Å². The molecule has 2 aromatic carbocycles. The number of methoxy groups -OCH3 is 1. The van der Waals surface area contributed by atoms with Gasteiger partial charge in [0.15, 0.2) is 0 Å². The Morgan fingerprint density at radius 1 is 0.933 bits per heavy atom. The Morgan fingerprint density at radius 2 is 1.62 bits per heavy atom. The van der Waals surface area contributed by atoms with E-state index in [4.69, 9.17) is 14.2 Å². The van der Waals surface area contributed by atoms with Crippen LogP contribution in [0.2, 0.25) is 0 Å². The van der Waals surface area contributed by atoms with E-state index in [9.17, 15) is 14.4 Å². The van der Waals surface area contributed by atoms with Crippen molar-refractivity contribution in [2.24, 2.45) is 0 Å². The molecule has 2 aliphatic heterocycles. The molecule has 0 radical (unpaired) electrons. The van der Waals surface area contributed by atoms with E-state index in [2.05, 4.69) is 28.8 Å². The number of rotatable bonds is 6. The zero-order valence-electron chi connectivity index (χ0n) is 26.7. The van der Waals surface area contributed by atoms with Crippen molar-refractivity contribution < 1.29 is 28.6 Å². The molecule has 3 aliphatic rings. The Morgan fingerprint density at radius 3 is 2.29 bits per heavy atom. The summed E-state index contributed by atoms with van der Waals surface area (Å²) < 4.78 is 19.1. The number of ether oxygens (including phenoxy) is 3. The molecule has 3 heterocycles. The van der Waals surface area contributed by atoms with E-state index in [0.29, 0.717) is 18.7 Å². The lowest BCUT2D eigenvalue weighted by Crippen LogP contribution is -2.52. The van der Waals surface area contributed by atoms with Crippen molar-refractivity contribution in [2.45, 2.75) is 83.5 Å². The summed E-state index contributed by atoms with van der Waals surface area (Å²) in [5, 5.41) is 0. The van der Waals surface area contributed by atoms with E-state index in [1.54, 1.807) is 9.80 Å². The molecule has 1 saturated heterocycles. The summed E-state index contributed by atoms with van der Waals surface area (Å²) in [6.07, 6.45) is 3.42. The largest absolute Gasteiger partial charge is 0.465 e. The quantitative estimate of drug-likeness (QED) is 0.225. The fourth-order valence-electron chi connectivity index (χ4n) is 7.07. The average molecular weight is 614 g/mol. The van der Waals surface area contributed by atoms with Crippen LogP contribution in [-0.4, -0.2) is 71.0 Å². The maximum atomic E-state index is 14.2. The fraction of sp³-hybridized carbons (Fsp3) is 0.472. The molecule has 0 bridgehead atoms. The molecule has 1 aliphatic carbocycles. The number of carbonyl (C=O) groups is 3. The monoisotopic (exact) mass is 613 g/mol. The van der Waals surface area contributed by atoms with Gasteiger partial charge in [-0.2, -0.15) is 0 Å². The van der Waals surface area contributed by atoms with E-state index < -0.39 is 11.7 Å². The van der Waals surface area contributed by atoms with Gasteiger partial charge in [0.1, 0.15) is 12.2 Å². The summed E-state index contributed by atoms with van der Waals surface area (Å²) in [4.78, 5) is 43.4. The molecule has 1 aromatic heterocycles. The Bertz CT molecular complexity index is 1540. The first-order valence-corrected chi connectivity index (χ1v) is 16.0. The van der Waals surface area contributed by atoms with Crippen molar-refractivity contribution in [3.8, 4) is 11.1 Å². The molecular formula is C36H43N3O6. The third-order valence-corrected chi connectivity index (χ3v) is 9.14. The van der Waals surface area contributed by atoms with Crippen LogP contribution in [0.1, 0.15) is 85.2 Å². The Kier molecular flexibility index (Phi) is 8.62. The smallest absolute Gasteiger partial charge is 0.410 e. The number of amides is 2. The van der Waals surface area contributed by atoms with Crippen LogP contribution >= 0.6 is 0 Å². The van der Waals surface area contributed by atoms with Gasteiger partial charge in [-0.3, -0.25) is 4.90 Å². The van der Waals surface area contributed by atoms with Gasteiger partial charge in [0.2, 0.25) is 0 Å². The van der Waals surface area contributed by atoms with Crippen LogP contribution in [0.4, 0.5) is 9.59 Å². The Balaban J connectivity index is 1.28. The van der Waals surface area contributed by atoms with Gasteiger partial charge in [0.25, 0.3) is 0 Å². The Hall–Kier alpha value is -4.27. The second kappa shape index (κ2) is 12.6. The van der Waals surface area contributed by atoms with E-state index in [1.807, 2.05) is 51.1 Å². The molecule has 238 valence electrons. The third kappa shape index (κ3) is 6.30. The van der Waals surface area contributed by atoms with Crippen LogP contribution < -0.4 is 0 Å². The highest BCUT2D eigenvalue weighted by atomic mass is 16.6. The highest BCUT2D eigenvalue weighted by Crippen LogP contribution is 2.44. The number of piperidine rings is 1. The van der Waals surface area contributed by atoms with Crippen LogP contribution in [0.5, 0.6) is 0 Å². The topological polar surface area (TPSA) is 90.3 Å². The standard InChI is InChI=1S/C36H43N3O6/c1-36(2,3)45-34(41)37-18-11-12-24(21-37)39(22-25-20-30(33(40)43-4)32-17-9-10-19-38(25)32)35(42)44-23-31-28-15-7-5-13-26(28)27-14-6-8-16-29(27)31/h5-8,13-16,20,24,31H,9-12,17-19,21-23H2,1-4H3/t24-/m0/s1. The van der Waals surface area contributed by atoms with Gasteiger partial charge in [-0.15, -0.1) is 0 Å². The lowest BCUT2D eigenvalue weighted by molar-refractivity contribution is 0.00774. The zero-order chi connectivity index (χ0) is 31.7. The van der Waals surface area contributed by atoms with E-state index >= 15 is 0 Å². The summed E-state index contributed by atoms with van der Waals surface area (Å²) in [7, 11) is 1.39. The average Bonchev–Trinajstić information content (AvgIpc) is 3.57. The first-order chi connectivity index (χ1) is 21.6. The van der Waals surface area contributed by atoms with Gasteiger partial charge in [-0.05, 0) is 81.2 Å². The van der Waals surface area contributed by atoms with Crippen LogP contribution in [0.15, 0.2) is 54.6 Å². The van der Waals surface area contributed by atoms with Gasteiger partial charge >= 0.3 is 18.2 Å². The minimum atomic E-state index is -0.619. The molecule has 9 nitrogen and oxygen atoms in total. The number of benzene rings is 2. The summed E-state index contributed by atoms with van der Waals surface area (Å²) in [6.45, 7) is 7.69. The van der Waals surface area contributed by atoms with Gasteiger partial charge in [0.05, 0.1) is 25.3 Å². The molecule has 2 amide bonds. The molecule has 9 heteroatoms. The maximum absolute atomic E-state index is 14.2. The van der Waals surface area contributed by atoms with Gasteiger partial charge < -0.3 is 23.7 Å². The molecule has 0 unspecified atom stereocenters. The molecule has 45 heavy (non-hydrogen) atoms. The number of aromatic nitrogens is 1. The maximum Gasteiger partial charge on any atom is 0.410 e. The zero-order valence-corrected chi connectivity index (χ0v) is 26.7. The molecule has 3 aromatic rings. The number of carbonyl (C=O) groups excluding carboxylic acids is 3. The lowest BCUT2D eigenvalue weighted by Gasteiger charge is -2.39. The minimum Gasteiger partial charge on any atom is -0.465 e. The van der Waals surface area contributed by atoms with Crippen molar-refractivity contribution in [3.05, 3.63) is 82.7 Å². The molecule has 1 fully saturated rings. The fourth-order valence-corrected chi connectivity index (χ4v) is 7.07. The lowest BCUT2D eigenvalue weighted by atomic mass is 9.98. The predicted octanol–water partition coefficient (Wildman–Crippen LogP) is 6.76. The number of hydrogen-bond acceptors (Lipinski definition) is 6. The van der Waals surface area contributed by atoms with E-state index in [-0.39, 0.29) is 37.2 Å². The first-order valence-electron chi connectivity index (χ1n) is 16.0. The number of fused-ring (bicyclic) bond motifs is 4. The number of nitrogens with zero attached hydrogens (tertiary/aromatic N) is 3. The summed E-state index contributed by atoms with van der Waals surface area (Å²) in [5.74, 6) is -0.437. The molecule has 0 N–H and O–H groups in total. The van der Waals surface area contributed by atoms with E-state index in [1.165, 1.54) is 18.2 Å². The molecule has 6 rings (SSSR count). The highest BCUT2D eigenvalue weighted by Gasteiger charge is 2.36. The van der Waals surface area contributed by atoms with Crippen LogP contribution in [-0.2, 0) is 33.7 Å². The first kappa shape index (κ1) is 30.7. The predicted molar refractivity (Wildman–Crippen MR) is 170 cm³/mol. The second-order valence-corrected chi connectivity index (χ2v) is 13.3. The molecule has 0 spiro atoms. The number of hydrogen-bond donors (Lipinski definition) is 0. The second-order valence-electron chi connectivity index (χ2n) is 13.3. The molecule has 1 atom stereocenters. The van der Waals surface area contributed by atoms with Crippen molar-refractivity contribution in [3.63, 3.8) is 0 Å². The van der Waals surface area contributed by atoms with Crippen molar-refractivity contribution in [1.82, 2.24) is 14.4 Å². The number of likely N-dealkylation sites (tertiary alicyclic amines) is 1. The normalized spacial score (nSPS) is 17.6. The molecule has 0 saturated carbocycles. The van der Waals surface area contributed by atoms with Gasteiger partial charge in [-0.1, -0.05) is 48.5 Å². The van der Waals surface area contributed by atoms with Crippen LogP contribution in [0.3, 0.4) is 0 Å². The summed E-state index contributed by atoms with van der Waals surface area (Å²) in [5.41, 5.74) is 6.39. The minimum absolute atomic E-state index is 0.0696. The SMILES string of the molecule is COC(=O)c1cc(CN(C(=O)OCC2c3ccccc3-c3ccccc32)[C@H]2CCCN(C(=O)OC(C)(C)C)C2)n2c1CCCC2. The van der Waals surface area contributed by atoms with Crippen LogP contribution in [0.25, 0.3) is 11.1 Å². The van der Waals surface area contributed by atoms with Crippen molar-refractivity contribution >= 4 is 18.2 Å². The van der Waals surface area contributed by atoms with Crippen molar-refractivity contribution in [1.29, 1.82) is 0 Å². The molecular weight excluding hydrogens is 570 g/mol. The summed E-state index contributed by atoms with van der Waals surface area (Å²) in [6, 6.07) is 18.1. The van der Waals surface area contributed by atoms with Crippen molar-refractivity contribution in [2.75, 3.05) is 26.8 Å². The van der Waals surface area contributed by atoms with E-state index in [0.717, 1.165) is 61.2 Å². The van der Waals surface area contributed by atoms with Crippen LogP contribution in [0, 0.1) is 0 Å². The third-order valence-electron chi connectivity index (χ3n) is 9.14.